The number of ether oxygens (including phenoxy) is 2. The molecule has 2 N–H and O–H groups in total. The molecule has 0 unspecified atom stereocenters. The fraction of sp³-hybridized carbons (Fsp3) is 0.118. The third-order valence-corrected chi connectivity index (χ3v) is 3.31. The molecular formula is C17H14ClN3O4. The van der Waals surface area contributed by atoms with Gasteiger partial charge in [-0.15, -0.1) is 0 Å². The topological polar surface area (TPSA) is 100 Å². The van der Waals surface area contributed by atoms with Gasteiger partial charge in [0.1, 0.15) is 11.5 Å². The number of rotatable bonds is 5. The summed E-state index contributed by atoms with van der Waals surface area (Å²) in [5, 5.41) is 9.07. The Morgan fingerprint density at radius 1 is 1.16 bits per heavy atom. The highest BCUT2D eigenvalue weighted by atomic mass is 35.5. The van der Waals surface area contributed by atoms with Crippen LogP contribution >= 0.6 is 11.6 Å². The largest absolute Gasteiger partial charge is 0.496 e. The van der Waals surface area contributed by atoms with Crippen molar-refractivity contribution in [2.45, 2.75) is 0 Å². The van der Waals surface area contributed by atoms with E-state index >= 15 is 0 Å². The Morgan fingerprint density at radius 3 is 2.52 bits per heavy atom. The molecule has 0 bridgehead atoms. The first-order valence-electron chi connectivity index (χ1n) is 7.09. The molecule has 0 fully saturated rings. The SMILES string of the molecule is COc1ccc(Cl)cc1C(=O)NNC(=O)COc1ccc(C#N)cc1. The summed E-state index contributed by atoms with van der Waals surface area (Å²) in [5.41, 5.74) is 5.15. The number of nitrogens with zero attached hydrogens (tertiary/aromatic N) is 1. The maximum atomic E-state index is 12.1. The average Bonchev–Trinajstić information content (AvgIpc) is 2.64. The van der Waals surface area contributed by atoms with Gasteiger partial charge in [-0.3, -0.25) is 20.4 Å². The third-order valence-electron chi connectivity index (χ3n) is 3.07. The molecule has 0 saturated heterocycles. The van der Waals surface area contributed by atoms with Crippen molar-refractivity contribution in [3.8, 4) is 17.6 Å². The summed E-state index contributed by atoms with van der Waals surface area (Å²) in [5.74, 6) is -0.383. The monoisotopic (exact) mass is 359 g/mol. The number of hydrazine groups is 1. The first kappa shape index (κ1) is 18.1. The predicted molar refractivity (Wildman–Crippen MR) is 90.3 cm³/mol. The summed E-state index contributed by atoms with van der Waals surface area (Å²) in [6.07, 6.45) is 0. The Bertz CT molecular complexity index is 816. The molecule has 0 heterocycles. The van der Waals surface area contributed by atoms with Crippen molar-refractivity contribution >= 4 is 23.4 Å². The highest BCUT2D eigenvalue weighted by molar-refractivity contribution is 6.31. The predicted octanol–water partition coefficient (Wildman–Crippen LogP) is 2.06. The van der Waals surface area contributed by atoms with E-state index in [9.17, 15) is 9.59 Å². The normalized spacial score (nSPS) is 9.64. The molecule has 0 radical (unpaired) electrons. The second-order valence-corrected chi connectivity index (χ2v) is 5.21. The lowest BCUT2D eigenvalue weighted by molar-refractivity contribution is -0.123. The molecule has 0 aliphatic rings. The van der Waals surface area contributed by atoms with E-state index in [4.69, 9.17) is 26.3 Å². The van der Waals surface area contributed by atoms with Gasteiger partial charge in [-0.05, 0) is 42.5 Å². The third kappa shape index (κ3) is 5.12. The van der Waals surface area contributed by atoms with E-state index in [0.29, 0.717) is 22.1 Å². The highest BCUT2D eigenvalue weighted by Gasteiger charge is 2.14. The zero-order valence-corrected chi connectivity index (χ0v) is 14.0. The minimum atomic E-state index is -0.578. The van der Waals surface area contributed by atoms with Crippen LogP contribution in [-0.4, -0.2) is 25.5 Å². The summed E-state index contributed by atoms with van der Waals surface area (Å²) in [4.78, 5) is 23.8. The molecule has 8 heteroatoms. The van der Waals surface area contributed by atoms with Crippen molar-refractivity contribution in [1.29, 1.82) is 5.26 Å². The van der Waals surface area contributed by atoms with Crippen LogP contribution in [0.4, 0.5) is 0 Å². The fourth-order valence-corrected chi connectivity index (χ4v) is 2.03. The van der Waals surface area contributed by atoms with E-state index in [1.807, 2.05) is 6.07 Å². The quantitative estimate of drug-likeness (QED) is 0.796. The lowest BCUT2D eigenvalue weighted by Gasteiger charge is -2.11. The van der Waals surface area contributed by atoms with E-state index in [0.717, 1.165) is 0 Å². The van der Waals surface area contributed by atoms with Gasteiger partial charge in [0.25, 0.3) is 11.8 Å². The number of amides is 2. The number of carbonyl (C=O) groups excluding carboxylic acids is 2. The summed E-state index contributed by atoms with van der Waals surface area (Å²) in [6, 6.07) is 12.8. The number of nitrogens with one attached hydrogen (secondary N) is 2. The van der Waals surface area contributed by atoms with E-state index in [2.05, 4.69) is 10.9 Å². The van der Waals surface area contributed by atoms with Crippen LogP contribution in [0.2, 0.25) is 5.02 Å². The van der Waals surface area contributed by atoms with Crippen LogP contribution in [0.25, 0.3) is 0 Å². The van der Waals surface area contributed by atoms with Gasteiger partial charge in [0, 0.05) is 5.02 Å². The summed E-state index contributed by atoms with van der Waals surface area (Å²) in [7, 11) is 1.42. The minimum Gasteiger partial charge on any atom is -0.496 e. The molecule has 25 heavy (non-hydrogen) atoms. The smallest absolute Gasteiger partial charge is 0.276 e. The molecule has 0 spiro atoms. The van der Waals surface area contributed by atoms with Crippen molar-refractivity contribution in [2.24, 2.45) is 0 Å². The summed E-state index contributed by atoms with van der Waals surface area (Å²) < 4.78 is 10.3. The van der Waals surface area contributed by atoms with Gasteiger partial charge >= 0.3 is 0 Å². The molecule has 2 aromatic rings. The maximum absolute atomic E-state index is 12.1. The van der Waals surface area contributed by atoms with Crippen molar-refractivity contribution in [2.75, 3.05) is 13.7 Å². The number of hydrogen-bond donors (Lipinski definition) is 2. The van der Waals surface area contributed by atoms with E-state index in [1.54, 1.807) is 36.4 Å². The lowest BCUT2D eigenvalue weighted by Crippen LogP contribution is -2.43. The molecule has 0 aromatic heterocycles. The van der Waals surface area contributed by atoms with Crippen LogP contribution in [-0.2, 0) is 4.79 Å². The van der Waals surface area contributed by atoms with Crippen LogP contribution in [0, 0.1) is 11.3 Å². The molecule has 0 aliphatic heterocycles. The number of benzene rings is 2. The van der Waals surface area contributed by atoms with Gasteiger partial charge in [-0.1, -0.05) is 11.6 Å². The van der Waals surface area contributed by atoms with Crippen LogP contribution in [0.5, 0.6) is 11.5 Å². The highest BCUT2D eigenvalue weighted by Crippen LogP contribution is 2.22. The van der Waals surface area contributed by atoms with Gasteiger partial charge in [-0.2, -0.15) is 5.26 Å². The maximum Gasteiger partial charge on any atom is 0.276 e. The minimum absolute atomic E-state index is 0.184. The van der Waals surface area contributed by atoms with Gasteiger partial charge < -0.3 is 9.47 Å². The molecule has 128 valence electrons. The Morgan fingerprint density at radius 2 is 1.88 bits per heavy atom. The summed E-state index contributed by atoms with van der Waals surface area (Å²) >= 11 is 5.86. The van der Waals surface area contributed by atoms with Crippen LogP contribution in [0.3, 0.4) is 0 Å². The second kappa shape index (κ2) is 8.57. The van der Waals surface area contributed by atoms with Gasteiger partial charge in [0.2, 0.25) is 0 Å². The number of hydrogen-bond acceptors (Lipinski definition) is 5. The molecule has 0 saturated carbocycles. The number of carbonyl (C=O) groups is 2. The van der Waals surface area contributed by atoms with Crippen molar-refractivity contribution < 1.29 is 19.1 Å². The molecule has 2 aromatic carbocycles. The van der Waals surface area contributed by atoms with Gasteiger partial charge in [-0.25, -0.2) is 0 Å². The lowest BCUT2D eigenvalue weighted by atomic mass is 10.2. The molecule has 2 rings (SSSR count). The van der Waals surface area contributed by atoms with E-state index in [1.165, 1.54) is 13.2 Å². The number of nitriles is 1. The first-order valence-corrected chi connectivity index (χ1v) is 7.47. The van der Waals surface area contributed by atoms with Crippen molar-refractivity contribution in [3.05, 3.63) is 58.6 Å². The van der Waals surface area contributed by atoms with Crippen LogP contribution in [0.1, 0.15) is 15.9 Å². The number of methoxy groups -OCH3 is 1. The molecule has 0 atom stereocenters. The zero-order chi connectivity index (χ0) is 18.2. The average molecular weight is 360 g/mol. The van der Waals surface area contributed by atoms with Gasteiger partial charge in [0.05, 0.1) is 24.3 Å². The zero-order valence-electron chi connectivity index (χ0n) is 13.2. The standard InChI is InChI=1S/C17H14ClN3O4/c1-24-15-7-4-12(18)8-14(15)17(23)21-20-16(22)10-25-13-5-2-11(9-19)3-6-13/h2-8H,10H2,1H3,(H,20,22)(H,21,23). The second-order valence-electron chi connectivity index (χ2n) is 4.77. The van der Waals surface area contributed by atoms with E-state index in [-0.39, 0.29) is 12.2 Å². The van der Waals surface area contributed by atoms with E-state index < -0.39 is 11.8 Å². The first-order chi connectivity index (χ1) is 12.0. The van der Waals surface area contributed by atoms with Gasteiger partial charge in [0.15, 0.2) is 6.61 Å². The Labute approximate surface area is 149 Å². The Hall–Kier alpha value is -3.24. The molecule has 2 amide bonds. The van der Waals surface area contributed by atoms with Crippen LogP contribution < -0.4 is 20.3 Å². The van der Waals surface area contributed by atoms with Crippen molar-refractivity contribution in [3.63, 3.8) is 0 Å². The molecule has 7 nitrogen and oxygen atoms in total. The number of halogens is 1. The van der Waals surface area contributed by atoms with Crippen molar-refractivity contribution in [1.82, 2.24) is 10.9 Å². The molecule has 0 aliphatic carbocycles. The molecular weight excluding hydrogens is 346 g/mol. The Balaban J connectivity index is 1.86. The fourth-order valence-electron chi connectivity index (χ4n) is 1.86. The Kier molecular flexibility index (Phi) is 6.20. The summed E-state index contributed by atoms with van der Waals surface area (Å²) in [6.45, 7) is -0.307. The van der Waals surface area contributed by atoms with Crippen LogP contribution in [0.15, 0.2) is 42.5 Å².